The molecule has 0 aliphatic heterocycles. The highest BCUT2D eigenvalue weighted by Gasteiger charge is 2.30. The van der Waals surface area contributed by atoms with Crippen molar-refractivity contribution in [2.75, 3.05) is 14.2 Å². The molecule has 0 unspecified atom stereocenters. The summed E-state index contributed by atoms with van der Waals surface area (Å²) >= 11 is 1.49. The Bertz CT molecular complexity index is 1310. The van der Waals surface area contributed by atoms with Crippen LogP contribution in [0.25, 0.3) is 0 Å². The van der Waals surface area contributed by atoms with Gasteiger partial charge >= 0.3 is 6.18 Å². The van der Waals surface area contributed by atoms with E-state index >= 15 is 0 Å². The lowest BCUT2D eigenvalue weighted by Gasteiger charge is -2.26. The molecule has 0 N–H and O–H groups in total. The zero-order valence-electron chi connectivity index (χ0n) is 21.7. The Balaban J connectivity index is 1.73. The van der Waals surface area contributed by atoms with Crippen LogP contribution in [-0.4, -0.2) is 24.3 Å². The van der Waals surface area contributed by atoms with E-state index < -0.39 is 11.7 Å². The van der Waals surface area contributed by atoms with Crippen LogP contribution in [0.4, 0.5) is 18.9 Å². The van der Waals surface area contributed by atoms with Crippen LogP contribution in [0.15, 0.2) is 108 Å². The van der Waals surface area contributed by atoms with Crippen LogP contribution in [0.1, 0.15) is 22.3 Å². The van der Waals surface area contributed by atoms with Gasteiger partial charge in [0.05, 0.1) is 25.5 Å². The van der Waals surface area contributed by atoms with Crippen molar-refractivity contribution in [2.24, 2.45) is 4.99 Å². The van der Waals surface area contributed by atoms with Crippen LogP contribution >= 0.6 is 11.8 Å². The molecular weight excluding hydrogens is 521 g/mol. The summed E-state index contributed by atoms with van der Waals surface area (Å²) in [6.45, 7) is 0.991. The number of nitrogens with zero attached hydrogens (tertiary/aromatic N) is 2. The molecule has 0 amide bonds. The predicted octanol–water partition coefficient (Wildman–Crippen LogP) is 8.35. The van der Waals surface area contributed by atoms with E-state index in [2.05, 4.69) is 4.90 Å². The van der Waals surface area contributed by atoms with E-state index in [4.69, 9.17) is 14.5 Å². The van der Waals surface area contributed by atoms with Gasteiger partial charge in [-0.1, -0.05) is 72.4 Å². The average Bonchev–Trinajstić information content (AvgIpc) is 2.96. The molecule has 0 saturated heterocycles. The van der Waals surface area contributed by atoms with Gasteiger partial charge in [0.15, 0.2) is 5.17 Å². The van der Waals surface area contributed by atoms with Gasteiger partial charge in [0.2, 0.25) is 0 Å². The van der Waals surface area contributed by atoms with Crippen molar-refractivity contribution in [2.45, 2.75) is 25.0 Å². The normalized spacial score (nSPS) is 11.8. The third kappa shape index (κ3) is 8.29. The summed E-state index contributed by atoms with van der Waals surface area (Å²) in [5.41, 5.74) is 2.64. The summed E-state index contributed by atoms with van der Waals surface area (Å²) in [7, 11) is 3.23. The van der Waals surface area contributed by atoms with Crippen molar-refractivity contribution < 1.29 is 22.6 Å². The summed E-state index contributed by atoms with van der Waals surface area (Å²) < 4.78 is 50.9. The highest BCUT2D eigenvalue weighted by Crippen LogP contribution is 2.32. The number of halogens is 3. The number of alkyl halides is 3. The Hall–Kier alpha value is -3.91. The molecular formula is C31H29F3N2O2S. The SMILES string of the molecule is COc1ccc(CN(Cc2ccc(OC)cc2)C(=Nc2cccc(C(F)(F)F)c2)SCc2ccccc2)cc1. The summed E-state index contributed by atoms with van der Waals surface area (Å²) in [4.78, 5) is 6.84. The molecule has 0 bridgehead atoms. The van der Waals surface area contributed by atoms with Gasteiger partial charge in [-0.05, 0) is 59.2 Å². The zero-order valence-corrected chi connectivity index (χ0v) is 22.5. The topological polar surface area (TPSA) is 34.1 Å². The second-order valence-electron chi connectivity index (χ2n) is 8.77. The molecule has 0 fully saturated rings. The Kier molecular flexibility index (Phi) is 9.54. The quantitative estimate of drug-likeness (QED) is 0.155. The molecule has 4 rings (SSSR count). The van der Waals surface area contributed by atoms with Crippen molar-refractivity contribution in [1.29, 1.82) is 0 Å². The number of benzene rings is 4. The maximum atomic E-state index is 13.4. The lowest BCUT2D eigenvalue weighted by molar-refractivity contribution is -0.137. The van der Waals surface area contributed by atoms with E-state index in [1.807, 2.05) is 78.9 Å². The summed E-state index contributed by atoms with van der Waals surface area (Å²) in [6, 6.07) is 30.5. The minimum atomic E-state index is -4.45. The molecule has 8 heteroatoms. The van der Waals surface area contributed by atoms with Crippen molar-refractivity contribution in [1.82, 2.24) is 4.90 Å². The highest BCUT2D eigenvalue weighted by atomic mass is 32.2. The first kappa shape index (κ1) is 28.1. The van der Waals surface area contributed by atoms with Gasteiger partial charge in [-0.3, -0.25) is 0 Å². The van der Waals surface area contributed by atoms with Crippen LogP contribution in [0.5, 0.6) is 11.5 Å². The molecule has 4 aromatic rings. The number of hydrogen-bond donors (Lipinski definition) is 0. The molecule has 0 aliphatic carbocycles. The molecule has 0 aliphatic rings. The summed E-state index contributed by atoms with van der Waals surface area (Å²) in [5, 5.41) is 0.616. The second kappa shape index (κ2) is 13.2. The van der Waals surface area contributed by atoms with Gasteiger partial charge in [0.25, 0.3) is 0 Å². The third-order valence-corrected chi connectivity index (χ3v) is 7.03. The molecule has 0 saturated carbocycles. The molecule has 39 heavy (non-hydrogen) atoms. The number of aliphatic imine (C=N–C) groups is 1. The first-order valence-corrected chi connectivity index (χ1v) is 13.3. The Morgan fingerprint density at radius 2 is 1.28 bits per heavy atom. The molecule has 4 nitrogen and oxygen atoms in total. The maximum absolute atomic E-state index is 13.4. The fourth-order valence-corrected chi connectivity index (χ4v) is 4.84. The standard InChI is InChI=1S/C31H29F3N2O2S/c1-37-28-15-11-23(12-16-28)20-36(21-24-13-17-29(38-2)18-14-24)30(39-22-25-7-4-3-5-8-25)35-27-10-6-9-26(19-27)31(32,33)34/h3-19H,20-22H2,1-2H3. The van der Waals surface area contributed by atoms with Crippen LogP contribution in [0.3, 0.4) is 0 Å². The summed E-state index contributed by atoms with van der Waals surface area (Å²) in [5.74, 6) is 2.11. The minimum absolute atomic E-state index is 0.245. The Morgan fingerprint density at radius 1 is 0.718 bits per heavy atom. The van der Waals surface area contributed by atoms with Gasteiger partial charge in [-0.25, -0.2) is 4.99 Å². The minimum Gasteiger partial charge on any atom is -0.497 e. The number of thioether (sulfide) groups is 1. The lowest BCUT2D eigenvalue weighted by atomic mass is 10.1. The van der Waals surface area contributed by atoms with Crippen LogP contribution in [-0.2, 0) is 25.0 Å². The Labute approximate surface area is 231 Å². The maximum Gasteiger partial charge on any atom is 0.416 e. The predicted molar refractivity (Wildman–Crippen MR) is 152 cm³/mol. The molecule has 0 spiro atoms. The highest BCUT2D eigenvalue weighted by molar-refractivity contribution is 8.13. The average molecular weight is 551 g/mol. The van der Waals surface area contributed by atoms with E-state index in [0.717, 1.165) is 40.3 Å². The lowest BCUT2D eigenvalue weighted by Crippen LogP contribution is -2.28. The fraction of sp³-hybridized carbons (Fsp3) is 0.194. The smallest absolute Gasteiger partial charge is 0.416 e. The van der Waals surface area contributed by atoms with Crippen LogP contribution < -0.4 is 9.47 Å². The molecule has 0 radical (unpaired) electrons. The van der Waals surface area contributed by atoms with Crippen molar-refractivity contribution in [3.05, 3.63) is 125 Å². The van der Waals surface area contributed by atoms with Crippen LogP contribution in [0.2, 0.25) is 0 Å². The number of rotatable bonds is 9. The van der Waals surface area contributed by atoms with Crippen molar-refractivity contribution in [3.8, 4) is 11.5 Å². The van der Waals surface area contributed by atoms with E-state index in [1.165, 1.54) is 17.8 Å². The molecule has 0 heterocycles. The number of methoxy groups -OCH3 is 2. The Morgan fingerprint density at radius 3 is 1.79 bits per heavy atom. The van der Waals surface area contributed by atoms with Gasteiger partial charge < -0.3 is 14.4 Å². The number of ether oxygens (including phenoxy) is 2. The van der Waals surface area contributed by atoms with Gasteiger partial charge in [-0.15, -0.1) is 0 Å². The first-order valence-electron chi connectivity index (χ1n) is 12.3. The second-order valence-corrected chi connectivity index (χ2v) is 9.71. The van der Waals surface area contributed by atoms with Crippen LogP contribution in [0, 0.1) is 0 Å². The molecule has 0 aromatic heterocycles. The van der Waals surface area contributed by atoms with E-state index in [1.54, 1.807) is 20.3 Å². The van der Waals surface area contributed by atoms with Gasteiger partial charge in [0, 0.05) is 18.8 Å². The monoisotopic (exact) mass is 550 g/mol. The van der Waals surface area contributed by atoms with Crippen molar-refractivity contribution in [3.63, 3.8) is 0 Å². The van der Waals surface area contributed by atoms with E-state index in [-0.39, 0.29) is 5.69 Å². The van der Waals surface area contributed by atoms with E-state index in [9.17, 15) is 13.2 Å². The van der Waals surface area contributed by atoms with Gasteiger partial charge in [-0.2, -0.15) is 13.2 Å². The fourth-order valence-electron chi connectivity index (χ4n) is 3.87. The molecule has 4 aromatic carbocycles. The molecule has 202 valence electrons. The van der Waals surface area contributed by atoms with E-state index in [0.29, 0.717) is 24.0 Å². The number of amidine groups is 1. The first-order chi connectivity index (χ1) is 18.8. The largest absolute Gasteiger partial charge is 0.497 e. The third-order valence-electron chi connectivity index (χ3n) is 5.94. The van der Waals surface area contributed by atoms with Gasteiger partial charge in [0.1, 0.15) is 11.5 Å². The zero-order chi connectivity index (χ0) is 27.7. The number of hydrogen-bond acceptors (Lipinski definition) is 4. The molecule has 0 atom stereocenters. The van der Waals surface area contributed by atoms with Crippen molar-refractivity contribution >= 4 is 22.6 Å². The summed E-state index contributed by atoms with van der Waals surface area (Å²) in [6.07, 6.45) is -4.45.